The van der Waals surface area contributed by atoms with Crippen LogP contribution in [0.5, 0.6) is 0 Å². The molecule has 0 aliphatic rings. The number of carbonyl (C=O) groups excluding carboxylic acids is 2. The Balaban J connectivity index is 1.71. The average Bonchev–Trinajstić information content (AvgIpc) is 2.50. The molecule has 0 bridgehead atoms. The smallest absolute Gasteiger partial charge is 0.226 e. The Morgan fingerprint density at radius 3 is 2.32 bits per heavy atom. The van der Waals surface area contributed by atoms with Crippen LogP contribution >= 0.6 is 15.9 Å². The first-order chi connectivity index (χ1) is 10.6. The van der Waals surface area contributed by atoms with Crippen LogP contribution in [0.15, 0.2) is 59.1 Å². The number of benzene rings is 2. The fraction of sp³-hybridized carbons (Fsp3) is 0.176. The summed E-state index contributed by atoms with van der Waals surface area (Å²) in [4.78, 5) is 23.6. The quantitative estimate of drug-likeness (QED) is 0.831. The molecule has 2 aromatic rings. The number of rotatable bonds is 6. The molecule has 0 aliphatic heterocycles. The van der Waals surface area contributed by atoms with E-state index >= 15 is 0 Å². The molecule has 0 atom stereocenters. The van der Waals surface area contributed by atoms with Crippen molar-refractivity contribution in [1.82, 2.24) is 5.32 Å². The van der Waals surface area contributed by atoms with E-state index in [1.807, 2.05) is 54.6 Å². The van der Waals surface area contributed by atoms with Gasteiger partial charge >= 0.3 is 0 Å². The maximum atomic E-state index is 11.8. The van der Waals surface area contributed by atoms with Gasteiger partial charge in [0.15, 0.2) is 0 Å². The molecule has 2 amide bonds. The fourth-order valence-electron chi connectivity index (χ4n) is 1.93. The highest BCUT2D eigenvalue weighted by Gasteiger charge is 2.07. The summed E-state index contributed by atoms with van der Waals surface area (Å²) in [5, 5.41) is 5.55. The standard InChI is InChI=1S/C17H17BrN2O2/c18-14-8-4-5-9-15(14)20-16(21)10-11-19-17(22)12-13-6-2-1-3-7-13/h1-9H,10-12H2,(H,19,22)(H,20,21). The molecular formula is C17H17BrN2O2. The zero-order chi connectivity index (χ0) is 15.8. The van der Waals surface area contributed by atoms with E-state index in [0.717, 1.165) is 15.7 Å². The Labute approximate surface area is 138 Å². The normalized spacial score (nSPS) is 10.0. The van der Waals surface area contributed by atoms with Crippen LogP contribution < -0.4 is 10.6 Å². The summed E-state index contributed by atoms with van der Waals surface area (Å²) in [5.74, 6) is -0.216. The number of anilines is 1. The first-order valence-corrected chi connectivity index (χ1v) is 7.79. The number of hydrogen-bond acceptors (Lipinski definition) is 2. The average molecular weight is 361 g/mol. The van der Waals surface area contributed by atoms with Crippen LogP contribution in [-0.2, 0) is 16.0 Å². The number of carbonyl (C=O) groups is 2. The highest BCUT2D eigenvalue weighted by molar-refractivity contribution is 9.10. The number of hydrogen-bond donors (Lipinski definition) is 2. The maximum absolute atomic E-state index is 11.8. The first-order valence-electron chi connectivity index (χ1n) is 7.00. The van der Waals surface area contributed by atoms with Crippen molar-refractivity contribution in [2.45, 2.75) is 12.8 Å². The highest BCUT2D eigenvalue weighted by atomic mass is 79.9. The minimum atomic E-state index is -0.132. The summed E-state index contributed by atoms with van der Waals surface area (Å²) in [6.07, 6.45) is 0.564. The predicted octanol–water partition coefficient (Wildman–Crippen LogP) is 3.14. The molecule has 4 nitrogen and oxygen atoms in total. The molecular weight excluding hydrogens is 344 g/mol. The van der Waals surface area contributed by atoms with Gasteiger partial charge in [0.1, 0.15) is 0 Å². The molecule has 2 aromatic carbocycles. The van der Waals surface area contributed by atoms with Crippen molar-refractivity contribution in [3.8, 4) is 0 Å². The fourth-order valence-corrected chi connectivity index (χ4v) is 2.32. The minimum absolute atomic E-state index is 0.0834. The van der Waals surface area contributed by atoms with Gasteiger partial charge in [-0.2, -0.15) is 0 Å². The lowest BCUT2D eigenvalue weighted by Gasteiger charge is -2.08. The van der Waals surface area contributed by atoms with Gasteiger partial charge in [-0.1, -0.05) is 42.5 Å². The van der Waals surface area contributed by atoms with Gasteiger partial charge in [-0.05, 0) is 33.6 Å². The third-order valence-electron chi connectivity index (χ3n) is 3.03. The van der Waals surface area contributed by atoms with Crippen LogP contribution in [0, 0.1) is 0 Å². The van der Waals surface area contributed by atoms with Gasteiger partial charge in [0, 0.05) is 17.4 Å². The summed E-state index contributed by atoms with van der Waals surface area (Å²) in [7, 11) is 0. The van der Waals surface area contributed by atoms with Crippen LogP contribution in [0.4, 0.5) is 5.69 Å². The van der Waals surface area contributed by atoms with Gasteiger partial charge in [-0.3, -0.25) is 9.59 Å². The second-order valence-electron chi connectivity index (χ2n) is 4.79. The third-order valence-corrected chi connectivity index (χ3v) is 3.72. The molecule has 2 rings (SSSR count). The molecule has 0 radical (unpaired) electrons. The second-order valence-corrected chi connectivity index (χ2v) is 5.64. The van der Waals surface area contributed by atoms with E-state index in [4.69, 9.17) is 0 Å². The largest absolute Gasteiger partial charge is 0.355 e. The van der Waals surface area contributed by atoms with Crippen LogP contribution in [0.2, 0.25) is 0 Å². The van der Waals surface area contributed by atoms with Crippen molar-refractivity contribution >= 4 is 33.4 Å². The summed E-state index contributed by atoms with van der Waals surface area (Å²) >= 11 is 3.37. The van der Waals surface area contributed by atoms with Crippen molar-refractivity contribution in [1.29, 1.82) is 0 Å². The highest BCUT2D eigenvalue weighted by Crippen LogP contribution is 2.21. The topological polar surface area (TPSA) is 58.2 Å². The third kappa shape index (κ3) is 5.33. The molecule has 0 unspecified atom stereocenters. The minimum Gasteiger partial charge on any atom is -0.355 e. The van der Waals surface area contributed by atoms with Crippen LogP contribution in [0.1, 0.15) is 12.0 Å². The SMILES string of the molecule is O=C(Cc1ccccc1)NCCC(=O)Nc1ccccc1Br. The molecule has 114 valence electrons. The molecule has 0 heterocycles. The Hall–Kier alpha value is -2.14. The Kier molecular flexibility index (Phi) is 6.15. The zero-order valence-electron chi connectivity index (χ0n) is 12.0. The zero-order valence-corrected chi connectivity index (χ0v) is 13.6. The number of nitrogens with one attached hydrogen (secondary N) is 2. The molecule has 0 saturated carbocycles. The van der Waals surface area contributed by atoms with Crippen LogP contribution in [0.25, 0.3) is 0 Å². The molecule has 2 N–H and O–H groups in total. The lowest BCUT2D eigenvalue weighted by molar-refractivity contribution is -0.120. The van der Waals surface area contributed by atoms with E-state index in [-0.39, 0.29) is 18.2 Å². The molecule has 0 aliphatic carbocycles. The number of halogens is 1. The Bertz CT molecular complexity index is 644. The molecule has 0 aromatic heterocycles. The summed E-state index contributed by atoms with van der Waals surface area (Å²) in [6.45, 7) is 0.321. The van der Waals surface area contributed by atoms with Gasteiger partial charge in [-0.25, -0.2) is 0 Å². The van der Waals surface area contributed by atoms with Gasteiger partial charge in [0.2, 0.25) is 11.8 Å². The number of amides is 2. The second kappa shape index (κ2) is 8.34. The first kappa shape index (κ1) is 16.2. The van der Waals surface area contributed by atoms with E-state index in [1.54, 1.807) is 0 Å². The Morgan fingerprint density at radius 1 is 0.909 bits per heavy atom. The van der Waals surface area contributed by atoms with Crippen molar-refractivity contribution < 1.29 is 9.59 Å². The van der Waals surface area contributed by atoms with Crippen molar-refractivity contribution in [2.24, 2.45) is 0 Å². The van der Waals surface area contributed by atoms with E-state index < -0.39 is 0 Å². The van der Waals surface area contributed by atoms with E-state index in [9.17, 15) is 9.59 Å². The van der Waals surface area contributed by atoms with Crippen LogP contribution in [-0.4, -0.2) is 18.4 Å². The van der Waals surface area contributed by atoms with E-state index in [0.29, 0.717) is 13.0 Å². The van der Waals surface area contributed by atoms with Gasteiger partial charge in [-0.15, -0.1) is 0 Å². The van der Waals surface area contributed by atoms with E-state index in [2.05, 4.69) is 26.6 Å². The van der Waals surface area contributed by atoms with E-state index in [1.165, 1.54) is 0 Å². The monoisotopic (exact) mass is 360 g/mol. The van der Waals surface area contributed by atoms with Crippen molar-refractivity contribution in [3.63, 3.8) is 0 Å². The molecule has 0 saturated heterocycles. The maximum Gasteiger partial charge on any atom is 0.226 e. The van der Waals surface area contributed by atoms with Gasteiger partial charge < -0.3 is 10.6 Å². The molecule has 22 heavy (non-hydrogen) atoms. The van der Waals surface area contributed by atoms with Crippen LogP contribution in [0.3, 0.4) is 0 Å². The van der Waals surface area contributed by atoms with Gasteiger partial charge in [0.05, 0.1) is 12.1 Å². The number of para-hydroxylation sites is 1. The summed E-state index contributed by atoms with van der Waals surface area (Å²) < 4.78 is 0.830. The Morgan fingerprint density at radius 2 is 1.59 bits per heavy atom. The predicted molar refractivity (Wildman–Crippen MR) is 90.5 cm³/mol. The molecule has 5 heteroatoms. The molecule has 0 spiro atoms. The molecule has 0 fully saturated rings. The lowest BCUT2D eigenvalue weighted by atomic mass is 10.1. The van der Waals surface area contributed by atoms with Gasteiger partial charge in [0.25, 0.3) is 0 Å². The summed E-state index contributed by atoms with van der Waals surface area (Å²) in [5.41, 5.74) is 1.68. The summed E-state index contributed by atoms with van der Waals surface area (Å²) in [6, 6.07) is 16.9. The van der Waals surface area contributed by atoms with Crippen molar-refractivity contribution in [2.75, 3.05) is 11.9 Å². The van der Waals surface area contributed by atoms with Crippen molar-refractivity contribution in [3.05, 3.63) is 64.6 Å². The lowest BCUT2D eigenvalue weighted by Crippen LogP contribution is -2.28.